The number of thioether (sulfide) groups is 1. The van der Waals surface area contributed by atoms with Crippen molar-refractivity contribution in [3.8, 4) is 0 Å². The number of rotatable bonds is 3. The van der Waals surface area contributed by atoms with E-state index in [2.05, 4.69) is 0 Å². The molecule has 5 nitrogen and oxygen atoms in total. The molecule has 2 N–H and O–H groups in total. The van der Waals surface area contributed by atoms with Crippen molar-refractivity contribution in [2.24, 2.45) is 5.73 Å². The zero-order valence-electron chi connectivity index (χ0n) is 8.59. The Labute approximate surface area is 97.0 Å². The molecule has 0 bridgehead atoms. The molecule has 0 radical (unpaired) electrons. The third kappa shape index (κ3) is 2.21. The van der Waals surface area contributed by atoms with Gasteiger partial charge in [0.2, 0.25) is 11.8 Å². The zero-order valence-corrected chi connectivity index (χ0v) is 9.40. The van der Waals surface area contributed by atoms with E-state index in [9.17, 15) is 9.59 Å². The predicted molar refractivity (Wildman–Crippen MR) is 59.6 cm³/mol. The summed E-state index contributed by atoms with van der Waals surface area (Å²) in [5, 5.41) is 0. The van der Waals surface area contributed by atoms with Crippen molar-refractivity contribution in [1.82, 2.24) is 4.90 Å². The quantitative estimate of drug-likeness (QED) is 0.819. The molecule has 0 saturated carbocycles. The minimum atomic E-state index is -0.531. The first kappa shape index (κ1) is 11.1. The standard InChI is InChI=1S/C10H12N2O3S/c11-10(14)8-5-16-6-9(13)12(8)4-7-2-1-3-15-7/h1-3,8H,4-6H2,(H2,11,14). The molecule has 86 valence electrons. The lowest BCUT2D eigenvalue weighted by Crippen LogP contribution is -2.52. The van der Waals surface area contributed by atoms with Crippen LogP contribution >= 0.6 is 11.8 Å². The minimum Gasteiger partial charge on any atom is -0.467 e. The van der Waals surface area contributed by atoms with E-state index in [-0.39, 0.29) is 5.91 Å². The van der Waals surface area contributed by atoms with Crippen LogP contribution in [0.3, 0.4) is 0 Å². The first-order valence-electron chi connectivity index (χ1n) is 4.87. The molecule has 0 spiro atoms. The molecule has 0 aliphatic carbocycles. The first-order chi connectivity index (χ1) is 7.68. The Morgan fingerprint density at radius 2 is 2.50 bits per heavy atom. The number of furan rings is 1. The highest BCUT2D eigenvalue weighted by molar-refractivity contribution is 8.00. The predicted octanol–water partition coefficient (Wildman–Crippen LogP) is 0.209. The van der Waals surface area contributed by atoms with Crippen molar-refractivity contribution in [1.29, 1.82) is 0 Å². The molecule has 1 saturated heterocycles. The normalized spacial score (nSPS) is 21.1. The summed E-state index contributed by atoms with van der Waals surface area (Å²) in [6, 6.07) is 2.99. The molecule has 1 unspecified atom stereocenters. The third-order valence-electron chi connectivity index (χ3n) is 2.43. The molecular formula is C10H12N2O3S. The average molecular weight is 240 g/mol. The van der Waals surface area contributed by atoms with E-state index in [0.717, 1.165) is 0 Å². The second-order valence-electron chi connectivity index (χ2n) is 3.53. The van der Waals surface area contributed by atoms with Gasteiger partial charge < -0.3 is 15.1 Å². The largest absolute Gasteiger partial charge is 0.467 e. The van der Waals surface area contributed by atoms with Gasteiger partial charge in [0.25, 0.3) is 0 Å². The lowest BCUT2D eigenvalue weighted by Gasteiger charge is -2.32. The van der Waals surface area contributed by atoms with E-state index in [1.165, 1.54) is 22.9 Å². The van der Waals surface area contributed by atoms with Gasteiger partial charge in [-0.05, 0) is 12.1 Å². The minimum absolute atomic E-state index is 0.0727. The van der Waals surface area contributed by atoms with Gasteiger partial charge in [0, 0.05) is 5.75 Å². The topological polar surface area (TPSA) is 76.5 Å². The summed E-state index contributed by atoms with van der Waals surface area (Å²) in [5.41, 5.74) is 5.27. The first-order valence-corrected chi connectivity index (χ1v) is 6.03. The Bertz CT molecular complexity index is 391. The zero-order chi connectivity index (χ0) is 11.5. The van der Waals surface area contributed by atoms with E-state index in [0.29, 0.717) is 23.8 Å². The van der Waals surface area contributed by atoms with Gasteiger partial charge >= 0.3 is 0 Å². The molecule has 1 aromatic heterocycles. The van der Waals surface area contributed by atoms with Gasteiger partial charge in [-0.3, -0.25) is 9.59 Å². The number of carbonyl (C=O) groups is 2. The van der Waals surface area contributed by atoms with E-state index < -0.39 is 11.9 Å². The molecular weight excluding hydrogens is 228 g/mol. The molecule has 2 heterocycles. The van der Waals surface area contributed by atoms with Crippen LogP contribution in [0, 0.1) is 0 Å². The van der Waals surface area contributed by atoms with E-state index in [1.54, 1.807) is 12.1 Å². The summed E-state index contributed by atoms with van der Waals surface area (Å²) in [4.78, 5) is 24.4. The van der Waals surface area contributed by atoms with E-state index >= 15 is 0 Å². The van der Waals surface area contributed by atoms with Crippen LogP contribution in [-0.2, 0) is 16.1 Å². The summed E-state index contributed by atoms with van der Waals surface area (Å²) in [6.07, 6.45) is 1.54. The van der Waals surface area contributed by atoms with Crippen LogP contribution in [0.15, 0.2) is 22.8 Å². The van der Waals surface area contributed by atoms with Gasteiger partial charge in [-0.1, -0.05) is 0 Å². The SMILES string of the molecule is NC(=O)C1CSCC(=O)N1Cc1ccco1. The van der Waals surface area contributed by atoms with Crippen LogP contribution in [0.5, 0.6) is 0 Å². The molecule has 0 aromatic carbocycles. The van der Waals surface area contributed by atoms with Crippen LogP contribution in [0.4, 0.5) is 0 Å². The van der Waals surface area contributed by atoms with Crippen molar-refractivity contribution >= 4 is 23.6 Å². The van der Waals surface area contributed by atoms with Gasteiger partial charge in [0.15, 0.2) is 0 Å². The Morgan fingerprint density at radius 1 is 1.69 bits per heavy atom. The molecule has 1 atom stereocenters. The average Bonchev–Trinajstić information content (AvgIpc) is 2.73. The Hall–Kier alpha value is -1.43. The number of nitrogens with zero attached hydrogens (tertiary/aromatic N) is 1. The third-order valence-corrected chi connectivity index (χ3v) is 3.44. The van der Waals surface area contributed by atoms with Gasteiger partial charge in [-0.15, -0.1) is 11.8 Å². The molecule has 1 aliphatic heterocycles. The highest BCUT2D eigenvalue weighted by atomic mass is 32.2. The highest BCUT2D eigenvalue weighted by Gasteiger charge is 2.32. The molecule has 2 amide bonds. The summed E-state index contributed by atoms with van der Waals surface area (Å²) >= 11 is 1.43. The Kier molecular flexibility index (Phi) is 3.19. The van der Waals surface area contributed by atoms with E-state index in [4.69, 9.17) is 10.2 Å². The van der Waals surface area contributed by atoms with Crippen LogP contribution in [0.2, 0.25) is 0 Å². The maximum atomic E-state index is 11.7. The molecule has 1 aromatic rings. The molecule has 1 aliphatic rings. The van der Waals surface area contributed by atoms with Crippen LogP contribution in [-0.4, -0.2) is 34.3 Å². The highest BCUT2D eigenvalue weighted by Crippen LogP contribution is 2.20. The van der Waals surface area contributed by atoms with Crippen molar-refractivity contribution in [2.75, 3.05) is 11.5 Å². The van der Waals surface area contributed by atoms with Crippen LogP contribution in [0.25, 0.3) is 0 Å². The van der Waals surface area contributed by atoms with Gasteiger partial charge in [0.1, 0.15) is 11.8 Å². The van der Waals surface area contributed by atoms with Gasteiger partial charge in [-0.2, -0.15) is 0 Å². The second-order valence-corrected chi connectivity index (χ2v) is 4.56. The lowest BCUT2D eigenvalue weighted by molar-refractivity contribution is -0.137. The monoisotopic (exact) mass is 240 g/mol. The van der Waals surface area contributed by atoms with Crippen LogP contribution < -0.4 is 5.73 Å². The van der Waals surface area contributed by atoms with Gasteiger partial charge in [-0.25, -0.2) is 0 Å². The Morgan fingerprint density at radius 3 is 3.12 bits per heavy atom. The lowest BCUT2D eigenvalue weighted by atomic mass is 10.2. The second kappa shape index (κ2) is 4.61. The fraction of sp³-hybridized carbons (Fsp3) is 0.400. The van der Waals surface area contributed by atoms with E-state index in [1.807, 2.05) is 0 Å². The number of carbonyl (C=O) groups excluding carboxylic acids is 2. The molecule has 16 heavy (non-hydrogen) atoms. The number of primary amides is 1. The summed E-state index contributed by atoms with van der Waals surface area (Å²) in [6.45, 7) is 0.306. The number of hydrogen-bond acceptors (Lipinski definition) is 4. The number of amides is 2. The van der Waals surface area contributed by atoms with Crippen molar-refractivity contribution in [3.63, 3.8) is 0 Å². The van der Waals surface area contributed by atoms with Crippen molar-refractivity contribution in [2.45, 2.75) is 12.6 Å². The van der Waals surface area contributed by atoms with Gasteiger partial charge in [0.05, 0.1) is 18.6 Å². The maximum Gasteiger partial charge on any atom is 0.241 e. The smallest absolute Gasteiger partial charge is 0.241 e. The van der Waals surface area contributed by atoms with Crippen LogP contribution in [0.1, 0.15) is 5.76 Å². The Balaban J connectivity index is 2.13. The van der Waals surface area contributed by atoms with Crippen molar-refractivity contribution in [3.05, 3.63) is 24.2 Å². The number of hydrogen-bond donors (Lipinski definition) is 1. The van der Waals surface area contributed by atoms with Crippen molar-refractivity contribution < 1.29 is 14.0 Å². The summed E-state index contributed by atoms with van der Waals surface area (Å²) in [7, 11) is 0. The fourth-order valence-electron chi connectivity index (χ4n) is 1.61. The summed E-state index contributed by atoms with van der Waals surface area (Å²) in [5.74, 6) is 1.07. The maximum absolute atomic E-state index is 11.7. The molecule has 2 rings (SSSR count). The molecule has 6 heteroatoms. The number of nitrogens with two attached hydrogens (primary N) is 1. The molecule has 1 fully saturated rings. The fourth-order valence-corrected chi connectivity index (χ4v) is 2.63. The summed E-state index contributed by atoms with van der Waals surface area (Å²) < 4.78 is 5.16.